The van der Waals surface area contributed by atoms with Crippen molar-refractivity contribution in [2.24, 2.45) is 0 Å². The first-order chi connectivity index (χ1) is 11.6. The third-order valence-corrected chi connectivity index (χ3v) is 3.93. The van der Waals surface area contributed by atoms with Crippen molar-refractivity contribution >= 4 is 21.9 Å². The quantitative estimate of drug-likeness (QED) is 0.722. The Kier molecular flexibility index (Phi) is 4.57. The highest BCUT2D eigenvalue weighted by Gasteiger charge is 2.21. The van der Waals surface area contributed by atoms with Gasteiger partial charge in [-0.2, -0.15) is 0 Å². The van der Waals surface area contributed by atoms with Crippen LogP contribution in [0.2, 0.25) is 0 Å². The highest BCUT2D eigenvalue weighted by atomic mass is 79.9. The zero-order valence-electron chi connectivity index (χ0n) is 12.7. The van der Waals surface area contributed by atoms with Crippen LogP contribution in [0, 0.1) is 0 Å². The van der Waals surface area contributed by atoms with E-state index in [1.165, 1.54) is 4.68 Å². The van der Waals surface area contributed by atoms with Crippen LogP contribution in [0.5, 0.6) is 5.75 Å². The number of carboxylic acids is 1. The summed E-state index contributed by atoms with van der Waals surface area (Å²) >= 11 is 3.43. The van der Waals surface area contributed by atoms with E-state index in [1.54, 1.807) is 31.6 Å². The molecular formula is C16H13BrN4O3. The maximum atomic E-state index is 11.5. The zero-order valence-corrected chi connectivity index (χ0v) is 14.3. The van der Waals surface area contributed by atoms with Crippen LogP contribution in [-0.4, -0.2) is 38.2 Å². The maximum Gasteiger partial charge on any atom is 0.358 e. The van der Waals surface area contributed by atoms with E-state index in [0.29, 0.717) is 23.6 Å². The predicted molar refractivity (Wildman–Crippen MR) is 90.0 cm³/mol. The molecule has 8 heteroatoms. The Hall–Kier alpha value is -2.74. The lowest BCUT2D eigenvalue weighted by molar-refractivity contribution is 0.0691. The standard InChI is InChI=1S/C16H13BrN4O3/c1-24-13-5-4-12(17)7-11(13)9-21-15(10-3-2-6-18-8-10)14(16(22)23)19-20-21/h2-8H,9H2,1H3,(H,22,23). The predicted octanol–water partition coefficient (Wildman–Crippen LogP) is 2.86. The summed E-state index contributed by atoms with van der Waals surface area (Å²) in [6, 6.07) is 9.10. The lowest BCUT2D eigenvalue weighted by atomic mass is 10.1. The number of methoxy groups -OCH3 is 1. The molecule has 7 nitrogen and oxygen atoms in total. The first-order valence-corrected chi connectivity index (χ1v) is 7.79. The average molecular weight is 389 g/mol. The minimum Gasteiger partial charge on any atom is -0.496 e. The van der Waals surface area contributed by atoms with E-state index in [-0.39, 0.29) is 5.69 Å². The van der Waals surface area contributed by atoms with Crippen molar-refractivity contribution in [1.29, 1.82) is 0 Å². The smallest absolute Gasteiger partial charge is 0.358 e. The van der Waals surface area contributed by atoms with Crippen LogP contribution < -0.4 is 4.74 Å². The molecule has 0 aliphatic heterocycles. The summed E-state index contributed by atoms with van der Waals surface area (Å²) in [7, 11) is 1.58. The first-order valence-electron chi connectivity index (χ1n) is 6.99. The number of carbonyl (C=O) groups is 1. The van der Waals surface area contributed by atoms with E-state index in [0.717, 1.165) is 10.0 Å². The molecule has 0 saturated carbocycles. The minimum atomic E-state index is -1.14. The molecule has 0 atom stereocenters. The molecule has 0 fully saturated rings. The fourth-order valence-electron chi connectivity index (χ4n) is 2.39. The van der Waals surface area contributed by atoms with Crippen molar-refractivity contribution < 1.29 is 14.6 Å². The molecule has 3 aromatic rings. The molecule has 0 bridgehead atoms. The fourth-order valence-corrected chi connectivity index (χ4v) is 2.80. The number of hydrogen-bond acceptors (Lipinski definition) is 5. The molecule has 3 rings (SSSR count). The van der Waals surface area contributed by atoms with Crippen molar-refractivity contribution in [3.8, 4) is 17.0 Å². The van der Waals surface area contributed by atoms with Crippen LogP contribution in [0.25, 0.3) is 11.3 Å². The molecule has 2 aromatic heterocycles. The van der Waals surface area contributed by atoms with Crippen LogP contribution in [0.4, 0.5) is 0 Å². The highest BCUT2D eigenvalue weighted by molar-refractivity contribution is 9.10. The van der Waals surface area contributed by atoms with Crippen LogP contribution in [-0.2, 0) is 6.54 Å². The summed E-state index contributed by atoms with van der Waals surface area (Å²) in [5.74, 6) is -0.455. The van der Waals surface area contributed by atoms with Gasteiger partial charge in [0.15, 0.2) is 5.69 Å². The molecule has 122 valence electrons. The summed E-state index contributed by atoms with van der Waals surface area (Å²) in [6.07, 6.45) is 3.20. The number of hydrogen-bond donors (Lipinski definition) is 1. The Balaban J connectivity index is 2.10. The molecule has 24 heavy (non-hydrogen) atoms. The molecule has 0 amide bonds. The van der Waals surface area contributed by atoms with Gasteiger partial charge in [0.05, 0.1) is 13.7 Å². The fraction of sp³-hybridized carbons (Fsp3) is 0.125. The van der Waals surface area contributed by atoms with Crippen molar-refractivity contribution in [3.05, 3.63) is 58.5 Å². The molecular weight excluding hydrogens is 376 g/mol. The average Bonchev–Trinajstić information content (AvgIpc) is 3.00. The molecule has 0 aliphatic carbocycles. The minimum absolute atomic E-state index is 0.114. The molecule has 0 spiro atoms. The maximum absolute atomic E-state index is 11.5. The number of nitrogens with zero attached hydrogens (tertiary/aromatic N) is 4. The SMILES string of the molecule is COc1ccc(Br)cc1Cn1nnc(C(=O)O)c1-c1cccnc1. The van der Waals surface area contributed by atoms with E-state index in [1.807, 2.05) is 18.2 Å². The summed E-state index contributed by atoms with van der Waals surface area (Å²) in [4.78, 5) is 15.5. The van der Waals surface area contributed by atoms with Gasteiger partial charge in [-0.05, 0) is 30.3 Å². The third-order valence-electron chi connectivity index (χ3n) is 3.44. The Labute approximate surface area is 146 Å². The van der Waals surface area contributed by atoms with Crippen LogP contribution in [0.3, 0.4) is 0 Å². The van der Waals surface area contributed by atoms with E-state index in [4.69, 9.17) is 4.74 Å². The van der Waals surface area contributed by atoms with Gasteiger partial charge >= 0.3 is 5.97 Å². The number of halogens is 1. The molecule has 0 aliphatic rings. The number of carboxylic acid groups (broad SMARTS) is 1. The molecule has 0 unspecified atom stereocenters. The number of aromatic carboxylic acids is 1. The van der Waals surface area contributed by atoms with Crippen LogP contribution >= 0.6 is 15.9 Å². The van der Waals surface area contributed by atoms with E-state index >= 15 is 0 Å². The summed E-state index contributed by atoms with van der Waals surface area (Å²) in [6.45, 7) is 0.313. The van der Waals surface area contributed by atoms with Gasteiger partial charge in [-0.25, -0.2) is 9.48 Å². The van der Waals surface area contributed by atoms with Gasteiger partial charge in [-0.15, -0.1) is 5.10 Å². The van der Waals surface area contributed by atoms with Crippen LogP contribution in [0.15, 0.2) is 47.2 Å². The molecule has 1 aromatic carbocycles. The second-order valence-corrected chi connectivity index (χ2v) is 5.86. The topological polar surface area (TPSA) is 90.1 Å². The van der Waals surface area contributed by atoms with Gasteiger partial charge in [0.2, 0.25) is 0 Å². The number of aromatic nitrogens is 4. The van der Waals surface area contributed by atoms with E-state index < -0.39 is 5.97 Å². The first kappa shape index (κ1) is 16.1. The Morgan fingerprint density at radius 1 is 1.38 bits per heavy atom. The Morgan fingerprint density at radius 3 is 2.88 bits per heavy atom. The van der Waals surface area contributed by atoms with E-state index in [2.05, 4.69) is 31.2 Å². The van der Waals surface area contributed by atoms with Crippen molar-refractivity contribution in [3.63, 3.8) is 0 Å². The van der Waals surface area contributed by atoms with Crippen molar-refractivity contribution in [1.82, 2.24) is 20.0 Å². The summed E-state index contributed by atoms with van der Waals surface area (Å²) in [5.41, 5.74) is 1.77. The number of rotatable bonds is 5. The number of pyridine rings is 1. The number of ether oxygens (including phenoxy) is 1. The van der Waals surface area contributed by atoms with Crippen LogP contribution in [0.1, 0.15) is 16.1 Å². The monoisotopic (exact) mass is 388 g/mol. The van der Waals surface area contributed by atoms with Gasteiger partial charge in [0.1, 0.15) is 11.4 Å². The second-order valence-electron chi connectivity index (χ2n) is 4.95. The van der Waals surface area contributed by atoms with Gasteiger partial charge in [0, 0.05) is 28.0 Å². The van der Waals surface area contributed by atoms with Crippen molar-refractivity contribution in [2.45, 2.75) is 6.54 Å². The van der Waals surface area contributed by atoms with Crippen molar-refractivity contribution in [2.75, 3.05) is 7.11 Å². The summed E-state index contributed by atoms with van der Waals surface area (Å²) < 4.78 is 7.78. The second kappa shape index (κ2) is 6.79. The van der Waals surface area contributed by atoms with E-state index in [9.17, 15) is 9.90 Å². The lowest BCUT2D eigenvalue weighted by Crippen LogP contribution is -2.07. The highest BCUT2D eigenvalue weighted by Crippen LogP contribution is 2.27. The zero-order chi connectivity index (χ0) is 17.1. The normalized spacial score (nSPS) is 10.6. The largest absolute Gasteiger partial charge is 0.496 e. The Morgan fingerprint density at radius 2 is 2.21 bits per heavy atom. The molecule has 1 N–H and O–H groups in total. The molecule has 0 saturated heterocycles. The number of benzene rings is 1. The third kappa shape index (κ3) is 3.13. The van der Waals surface area contributed by atoms with Gasteiger partial charge in [0.25, 0.3) is 0 Å². The van der Waals surface area contributed by atoms with Gasteiger partial charge < -0.3 is 9.84 Å². The Bertz CT molecular complexity index is 880. The van der Waals surface area contributed by atoms with Gasteiger partial charge in [-0.1, -0.05) is 21.1 Å². The molecule has 0 radical (unpaired) electrons. The summed E-state index contributed by atoms with van der Waals surface area (Å²) in [5, 5.41) is 17.2. The lowest BCUT2D eigenvalue weighted by Gasteiger charge is -2.11. The molecule has 2 heterocycles. The van der Waals surface area contributed by atoms with Gasteiger partial charge in [-0.3, -0.25) is 4.98 Å².